The molecule has 0 saturated carbocycles. The molecule has 4 nitrogen and oxygen atoms in total. The molecule has 0 aromatic carbocycles. The van der Waals surface area contributed by atoms with Gasteiger partial charge < -0.3 is 5.11 Å². The molecule has 0 bridgehead atoms. The number of carboxylic acids is 1. The number of nitrogens with zero attached hydrogens (tertiary/aromatic N) is 2. The molecule has 5 heteroatoms. The maximum absolute atomic E-state index is 10.8. The monoisotopic (exact) mass is 226 g/mol. The first-order chi connectivity index (χ1) is 7.27. The second-order valence-electron chi connectivity index (χ2n) is 3.76. The van der Waals surface area contributed by atoms with Crippen molar-refractivity contribution in [1.29, 1.82) is 0 Å². The molecule has 1 aromatic rings. The van der Waals surface area contributed by atoms with Crippen LogP contribution in [0.2, 0.25) is 0 Å². The van der Waals surface area contributed by atoms with Crippen LogP contribution in [0.1, 0.15) is 30.2 Å². The number of hydrogen-bond acceptors (Lipinski definition) is 4. The molecule has 1 atom stereocenters. The van der Waals surface area contributed by atoms with Crippen LogP contribution >= 0.6 is 11.3 Å². The number of aromatic nitrogens is 1. The number of carbonyl (C=O) groups is 1. The first-order valence-corrected chi connectivity index (χ1v) is 5.99. The zero-order valence-corrected chi connectivity index (χ0v) is 9.24. The zero-order valence-electron chi connectivity index (χ0n) is 8.43. The summed E-state index contributed by atoms with van der Waals surface area (Å²) in [6.45, 7) is 2.02. The highest BCUT2D eigenvalue weighted by molar-refractivity contribution is 7.09. The predicted molar refractivity (Wildman–Crippen MR) is 57.9 cm³/mol. The Balaban J connectivity index is 2.12. The van der Waals surface area contributed by atoms with Gasteiger partial charge in [0.25, 0.3) is 0 Å². The average Bonchev–Trinajstić information content (AvgIpc) is 2.87. The van der Waals surface area contributed by atoms with Crippen LogP contribution in [0.15, 0.2) is 11.7 Å². The van der Waals surface area contributed by atoms with Crippen molar-refractivity contribution in [2.24, 2.45) is 0 Å². The standard InChI is InChI=1S/C10H14N2O2S/c13-10(14)5-8(9-6-11-7-15-9)12-3-1-2-4-12/h6-8H,1-5H2,(H,13,14). The number of hydrogen-bond donors (Lipinski definition) is 1. The van der Waals surface area contributed by atoms with Crippen molar-refractivity contribution in [3.05, 3.63) is 16.6 Å². The van der Waals surface area contributed by atoms with Crippen molar-refractivity contribution in [2.45, 2.75) is 25.3 Å². The van der Waals surface area contributed by atoms with Crippen LogP contribution in [-0.4, -0.2) is 34.0 Å². The van der Waals surface area contributed by atoms with Gasteiger partial charge >= 0.3 is 5.97 Å². The molecule has 0 spiro atoms. The summed E-state index contributed by atoms with van der Waals surface area (Å²) in [5.41, 5.74) is 1.76. The van der Waals surface area contributed by atoms with Crippen molar-refractivity contribution >= 4 is 17.3 Å². The molecule has 0 amide bonds. The molecule has 15 heavy (non-hydrogen) atoms. The van der Waals surface area contributed by atoms with Crippen molar-refractivity contribution in [2.75, 3.05) is 13.1 Å². The molecule has 82 valence electrons. The van der Waals surface area contributed by atoms with E-state index in [4.69, 9.17) is 5.11 Å². The molecular weight excluding hydrogens is 212 g/mol. The molecular formula is C10H14N2O2S. The molecule has 0 aliphatic carbocycles. The van der Waals surface area contributed by atoms with E-state index < -0.39 is 5.97 Å². The van der Waals surface area contributed by atoms with Gasteiger partial charge in [0.05, 0.1) is 18.0 Å². The second-order valence-corrected chi connectivity index (χ2v) is 4.68. The fraction of sp³-hybridized carbons (Fsp3) is 0.600. The molecule has 0 radical (unpaired) electrons. The minimum absolute atomic E-state index is 0.0255. The zero-order chi connectivity index (χ0) is 10.7. The van der Waals surface area contributed by atoms with E-state index in [0.29, 0.717) is 0 Å². The summed E-state index contributed by atoms with van der Waals surface area (Å²) in [7, 11) is 0. The van der Waals surface area contributed by atoms with E-state index in [0.717, 1.165) is 18.0 Å². The Labute approximate surface area is 92.6 Å². The summed E-state index contributed by atoms with van der Waals surface area (Å²) in [6.07, 6.45) is 4.32. The van der Waals surface area contributed by atoms with Crippen LogP contribution in [0.3, 0.4) is 0 Å². The van der Waals surface area contributed by atoms with E-state index in [1.54, 1.807) is 23.0 Å². The van der Waals surface area contributed by atoms with Crippen molar-refractivity contribution in [1.82, 2.24) is 9.88 Å². The van der Waals surface area contributed by atoms with Gasteiger partial charge in [0.1, 0.15) is 0 Å². The highest BCUT2D eigenvalue weighted by atomic mass is 32.1. The maximum atomic E-state index is 10.8. The molecule has 1 aliphatic rings. The average molecular weight is 226 g/mol. The molecule has 2 heterocycles. The van der Waals surface area contributed by atoms with Crippen LogP contribution in [-0.2, 0) is 4.79 Å². The van der Waals surface area contributed by atoms with Gasteiger partial charge in [-0.3, -0.25) is 14.7 Å². The fourth-order valence-corrected chi connectivity index (χ4v) is 2.77. The summed E-state index contributed by atoms with van der Waals surface area (Å²) >= 11 is 1.54. The van der Waals surface area contributed by atoms with E-state index in [1.807, 2.05) is 0 Å². The third-order valence-corrected chi connectivity index (χ3v) is 3.61. The molecule has 1 aromatic heterocycles. The summed E-state index contributed by atoms with van der Waals surface area (Å²) in [6, 6.07) is 0.0255. The quantitative estimate of drug-likeness (QED) is 0.850. The summed E-state index contributed by atoms with van der Waals surface area (Å²) in [4.78, 5) is 18.2. The van der Waals surface area contributed by atoms with E-state index in [-0.39, 0.29) is 12.5 Å². The number of aliphatic carboxylic acids is 1. The lowest BCUT2D eigenvalue weighted by Gasteiger charge is -2.24. The van der Waals surface area contributed by atoms with Gasteiger partial charge in [0.15, 0.2) is 0 Å². The minimum Gasteiger partial charge on any atom is -0.481 e. The molecule has 1 N–H and O–H groups in total. The van der Waals surface area contributed by atoms with E-state index in [9.17, 15) is 4.79 Å². The molecule has 1 saturated heterocycles. The Kier molecular flexibility index (Phi) is 3.33. The lowest BCUT2D eigenvalue weighted by Crippen LogP contribution is -2.27. The lowest BCUT2D eigenvalue weighted by molar-refractivity contribution is -0.138. The molecule has 2 rings (SSSR count). The third kappa shape index (κ3) is 2.54. The third-order valence-electron chi connectivity index (χ3n) is 2.73. The van der Waals surface area contributed by atoms with Crippen LogP contribution in [0.5, 0.6) is 0 Å². The molecule has 1 unspecified atom stereocenters. The highest BCUT2D eigenvalue weighted by Crippen LogP contribution is 2.30. The van der Waals surface area contributed by atoms with Gasteiger partial charge in [-0.25, -0.2) is 0 Å². The van der Waals surface area contributed by atoms with Crippen molar-refractivity contribution < 1.29 is 9.90 Å². The summed E-state index contributed by atoms with van der Waals surface area (Å²) < 4.78 is 0. The number of carboxylic acid groups (broad SMARTS) is 1. The van der Waals surface area contributed by atoms with Crippen molar-refractivity contribution in [3.63, 3.8) is 0 Å². The Bertz CT molecular complexity index is 320. The predicted octanol–water partition coefficient (Wildman–Crippen LogP) is 1.75. The number of likely N-dealkylation sites (tertiary alicyclic amines) is 1. The highest BCUT2D eigenvalue weighted by Gasteiger charge is 2.26. The van der Waals surface area contributed by atoms with Crippen LogP contribution < -0.4 is 0 Å². The fourth-order valence-electron chi connectivity index (χ4n) is 2.02. The van der Waals surface area contributed by atoms with Gasteiger partial charge in [-0.2, -0.15) is 0 Å². The Morgan fingerprint density at radius 3 is 2.87 bits per heavy atom. The van der Waals surface area contributed by atoms with E-state index >= 15 is 0 Å². The second kappa shape index (κ2) is 4.72. The van der Waals surface area contributed by atoms with Crippen LogP contribution in [0.4, 0.5) is 0 Å². The first kappa shape index (κ1) is 10.6. The summed E-state index contributed by atoms with van der Waals surface area (Å²) in [5.74, 6) is -0.736. The van der Waals surface area contributed by atoms with Gasteiger partial charge in [0, 0.05) is 11.1 Å². The largest absolute Gasteiger partial charge is 0.481 e. The SMILES string of the molecule is O=C(O)CC(c1cncs1)N1CCCC1. The number of rotatable bonds is 4. The molecule has 1 fully saturated rings. The Morgan fingerprint density at radius 1 is 1.60 bits per heavy atom. The smallest absolute Gasteiger partial charge is 0.305 e. The number of thiazole rings is 1. The van der Waals surface area contributed by atoms with Gasteiger partial charge in [0.2, 0.25) is 0 Å². The van der Waals surface area contributed by atoms with Gasteiger partial charge in [-0.1, -0.05) is 0 Å². The van der Waals surface area contributed by atoms with Crippen molar-refractivity contribution in [3.8, 4) is 0 Å². The lowest BCUT2D eigenvalue weighted by atomic mass is 10.1. The van der Waals surface area contributed by atoms with E-state index in [2.05, 4.69) is 9.88 Å². The minimum atomic E-state index is -0.736. The van der Waals surface area contributed by atoms with Crippen LogP contribution in [0, 0.1) is 0 Å². The van der Waals surface area contributed by atoms with Crippen LogP contribution in [0.25, 0.3) is 0 Å². The molecule has 1 aliphatic heterocycles. The Hall–Kier alpha value is -0.940. The topological polar surface area (TPSA) is 53.4 Å². The Morgan fingerprint density at radius 2 is 2.33 bits per heavy atom. The van der Waals surface area contributed by atoms with Gasteiger partial charge in [-0.05, 0) is 25.9 Å². The normalized spacial score (nSPS) is 19.2. The maximum Gasteiger partial charge on any atom is 0.305 e. The van der Waals surface area contributed by atoms with E-state index in [1.165, 1.54) is 12.8 Å². The summed E-state index contributed by atoms with van der Waals surface area (Å²) in [5, 5.41) is 8.90. The van der Waals surface area contributed by atoms with Gasteiger partial charge in [-0.15, -0.1) is 11.3 Å². The first-order valence-electron chi connectivity index (χ1n) is 5.11.